The van der Waals surface area contributed by atoms with E-state index in [0.717, 1.165) is 4.57 Å². The molecule has 37 heavy (non-hydrogen) atoms. The maximum Gasteiger partial charge on any atom is 0.351 e. The van der Waals surface area contributed by atoms with Crippen LogP contribution in [0.3, 0.4) is 0 Å². The number of nitrogens with one attached hydrogen (secondary N) is 1. The van der Waals surface area contributed by atoms with Crippen LogP contribution in [0.2, 0.25) is 0 Å². The smallest absolute Gasteiger partial charge is 0.351 e. The molecule has 1 saturated heterocycles. The number of nitrogens with zero attached hydrogens (tertiary/aromatic N) is 2. The van der Waals surface area contributed by atoms with Crippen LogP contribution in [0.15, 0.2) is 77.7 Å². The number of benzene rings is 2. The lowest BCUT2D eigenvalue weighted by Gasteiger charge is -2.25. The molecule has 0 unspecified atom stereocenters. The summed E-state index contributed by atoms with van der Waals surface area (Å²) in [4.78, 5) is 52.9. The van der Waals surface area contributed by atoms with Crippen LogP contribution >= 0.6 is 0 Å². The van der Waals surface area contributed by atoms with Crippen molar-refractivity contribution in [2.45, 2.75) is 38.1 Å². The molecule has 0 radical (unpaired) electrons. The van der Waals surface area contributed by atoms with Gasteiger partial charge in [-0.05, 0) is 44.2 Å². The Morgan fingerprint density at radius 3 is 2.32 bits per heavy atom. The predicted molar refractivity (Wildman–Crippen MR) is 130 cm³/mol. The fourth-order valence-electron chi connectivity index (χ4n) is 3.80. The van der Waals surface area contributed by atoms with Crippen LogP contribution in [0, 0.1) is 0 Å². The van der Waals surface area contributed by atoms with E-state index in [1.807, 2.05) is 0 Å². The van der Waals surface area contributed by atoms with Crippen molar-refractivity contribution in [1.29, 1.82) is 0 Å². The van der Waals surface area contributed by atoms with Gasteiger partial charge in [-0.1, -0.05) is 36.4 Å². The summed E-state index contributed by atoms with van der Waals surface area (Å²) in [6.07, 6.45) is -1.81. The quantitative estimate of drug-likeness (QED) is 0.342. The number of anilines is 1. The lowest BCUT2D eigenvalue weighted by molar-refractivity contribution is -0.168. The summed E-state index contributed by atoms with van der Waals surface area (Å²) in [5.74, 6) is -2.16. The van der Waals surface area contributed by atoms with Crippen molar-refractivity contribution in [2.75, 3.05) is 11.9 Å². The van der Waals surface area contributed by atoms with E-state index in [1.54, 1.807) is 74.5 Å². The number of aromatic nitrogens is 2. The highest BCUT2D eigenvalue weighted by atomic mass is 16.8. The third-order valence-corrected chi connectivity index (χ3v) is 5.47. The number of esters is 1. The maximum absolute atomic E-state index is 12.9. The molecule has 0 bridgehead atoms. The van der Waals surface area contributed by atoms with Crippen LogP contribution in [-0.2, 0) is 23.7 Å². The second kappa shape index (κ2) is 11.1. The van der Waals surface area contributed by atoms with Crippen LogP contribution in [0.1, 0.15) is 40.8 Å². The Morgan fingerprint density at radius 1 is 1.05 bits per heavy atom. The number of amides is 1. The van der Waals surface area contributed by atoms with Crippen molar-refractivity contribution in [1.82, 2.24) is 9.55 Å². The van der Waals surface area contributed by atoms with Crippen LogP contribution in [0.4, 0.5) is 5.82 Å². The van der Waals surface area contributed by atoms with Gasteiger partial charge in [0.1, 0.15) is 18.5 Å². The summed E-state index contributed by atoms with van der Waals surface area (Å²) in [5, 5.41) is 2.57. The molecule has 11 nitrogen and oxygen atoms in total. The molecule has 1 aromatic heterocycles. The van der Waals surface area contributed by atoms with Crippen molar-refractivity contribution >= 4 is 24.2 Å². The lowest BCUT2D eigenvalue weighted by atomic mass is 10.1. The SMILES string of the molecule is CC1(C)O[C@H]([C@@H](COC(=O)c2ccccc2)OC=O)[C@H](n2ccc(NC(=O)c3ccccc3)nc2=O)O1. The Hall–Kier alpha value is -4.35. The summed E-state index contributed by atoms with van der Waals surface area (Å²) < 4.78 is 23.5. The third-order valence-electron chi connectivity index (χ3n) is 5.47. The Bertz CT molecular complexity index is 1310. The summed E-state index contributed by atoms with van der Waals surface area (Å²) >= 11 is 0. The molecule has 1 N–H and O–H groups in total. The van der Waals surface area contributed by atoms with Crippen molar-refractivity contribution in [3.8, 4) is 0 Å². The number of hydrogen-bond donors (Lipinski definition) is 1. The minimum atomic E-state index is -1.16. The molecule has 2 heterocycles. The van der Waals surface area contributed by atoms with Crippen molar-refractivity contribution in [2.24, 2.45) is 0 Å². The van der Waals surface area contributed by atoms with Gasteiger partial charge in [0.05, 0.1) is 5.56 Å². The molecule has 4 rings (SSSR count). The molecular formula is C26H25N3O8. The molecule has 1 aliphatic heterocycles. The Labute approximate surface area is 211 Å². The average molecular weight is 507 g/mol. The third kappa shape index (κ3) is 6.26. The summed E-state index contributed by atoms with van der Waals surface area (Å²) in [6, 6.07) is 18.2. The molecule has 2 aromatic carbocycles. The van der Waals surface area contributed by atoms with E-state index >= 15 is 0 Å². The van der Waals surface area contributed by atoms with E-state index in [0.29, 0.717) is 11.1 Å². The first-order valence-electron chi connectivity index (χ1n) is 11.4. The van der Waals surface area contributed by atoms with Gasteiger partial charge in [-0.25, -0.2) is 9.59 Å². The minimum absolute atomic E-state index is 0.0438. The normalized spacial score (nSPS) is 19.0. The van der Waals surface area contributed by atoms with Crippen LogP contribution in [-0.4, -0.2) is 52.5 Å². The number of hydrogen-bond acceptors (Lipinski definition) is 9. The molecule has 11 heteroatoms. The molecule has 192 valence electrons. The fraction of sp³-hybridized carbons (Fsp3) is 0.269. The molecular weight excluding hydrogens is 482 g/mol. The van der Waals surface area contributed by atoms with Gasteiger partial charge in [-0.2, -0.15) is 4.98 Å². The van der Waals surface area contributed by atoms with Gasteiger partial charge >= 0.3 is 11.7 Å². The van der Waals surface area contributed by atoms with Crippen molar-refractivity contribution in [3.05, 3.63) is 94.5 Å². The molecule has 0 saturated carbocycles. The standard InChI is InChI=1S/C26H25N3O8/c1-26(2)36-21(19(35-16-30)15-34-24(32)18-11-7-4-8-12-18)23(37-26)29-14-13-20(28-25(29)33)27-22(31)17-9-5-3-6-10-17/h3-14,16,19,21,23H,15H2,1-2H3,(H,27,28,31,33)/t19-,21-,23-/m1/s1. The highest BCUT2D eigenvalue weighted by molar-refractivity contribution is 6.03. The van der Waals surface area contributed by atoms with Gasteiger partial charge in [0, 0.05) is 11.8 Å². The van der Waals surface area contributed by atoms with Crippen molar-refractivity contribution < 1.29 is 33.3 Å². The first-order valence-corrected chi connectivity index (χ1v) is 11.4. The zero-order valence-electron chi connectivity index (χ0n) is 20.1. The number of carbonyl (C=O) groups is 3. The number of carbonyl (C=O) groups excluding carboxylic acids is 3. The zero-order chi connectivity index (χ0) is 26.4. The second-order valence-electron chi connectivity index (χ2n) is 8.55. The Morgan fingerprint density at radius 2 is 1.70 bits per heavy atom. The van der Waals surface area contributed by atoms with Gasteiger partial charge in [-0.3, -0.25) is 14.2 Å². The molecule has 3 aromatic rings. The monoisotopic (exact) mass is 507 g/mol. The topological polar surface area (TPSA) is 135 Å². The van der Waals surface area contributed by atoms with Gasteiger partial charge in [0.15, 0.2) is 18.1 Å². The van der Waals surface area contributed by atoms with E-state index in [2.05, 4.69) is 10.3 Å². The van der Waals surface area contributed by atoms with E-state index < -0.39 is 41.8 Å². The largest absolute Gasteiger partial charge is 0.458 e. The summed E-state index contributed by atoms with van der Waals surface area (Å²) in [6.45, 7) is 3.11. The molecule has 1 aliphatic rings. The molecule has 1 amide bonds. The lowest BCUT2D eigenvalue weighted by Crippen LogP contribution is -2.42. The van der Waals surface area contributed by atoms with Gasteiger partial charge in [-0.15, -0.1) is 0 Å². The van der Waals surface area contributed by atoms with Crippen LogP contribution < -0.4 is 11.0 Å². The first kappa shape index (κ1) is 25.7. The second-order valence-corrected chi connectivity index (χ2v) is 8.55. The average Bonchev–Trinajstić information content (AvgIpc) is 3.22. The maximum atomic E-state index is 12.9. The molecule has 0 spiro atoms. The van der Waals surface area contributed by atoms with E-state index in [1.165, 1.54) is 12.3 Å². The first-order chi connectivity index (χ1) is 17.8. The highest BCUT2D eigenvalue weighted by Gasteiger charge is 2.48. The number of ether oxygens (including phenoxy) is 4. The van der Waals surface area contributed by atoms with E-state index in [-0.39, 0.29) is 18.9 Å². The summed E-state index contributed by atoms with van der Waals surface area (Å²) in [7, 11) is 0. The van der Waals surface area contributed by atoms with Gasteiger partial charge < -0.3 is 24.3 Å². The molecule has 3 atom stereocenters. The minimum Gasteiger partial charge on any atom is -0.458 e. The Kier molecular flexibility index (Phi) is 7.75. The fourth-order valence-corrected chi connectivity index (χ4v) is 3.80. The summed E-state index contributed by atoms with van der Waals surface area (Å²) in [5.41, 5.74) is -0.0172. The predicted octanol–water partition coefficient (Wildman–Crippen LogP) is 2.54. The molecule has 0 aliphatic carbocycles. The van der Waals surface area contributed by atoms with E-state index in [4.69, 9.17) is 18.9 Å². The zero-order valence-corrected chi connectivity index (χ0v) is 20.1. The van der Waals surface area contributed by atoms with Crippen molar-refractivity contribution in [3.63, 3.8) is 0 Å². The van der Waals surface area contributed by atoms with Gasteiger partial charge in [0.2, 0.25) is 0 Å². The Balaban J connectivity index is 1.52. The molecule has 1 fully saturated rings. The van der Waals surface area contributed by atoms with Gasteiger partial charge in [0.25, 0.3) is 12.4 Å². The van der Waals surface area contributed by atoms with E-state index in [9.17, 15) is 19.2 Å². The van der Waals surface area contributed by atoms with Crippen LogP contribution in [0.5, 0.6) is 0 Å². The number of rotatable bonds is 9. The van der Waals surface area contributed by atoms with Crippen LogP contribution in [0.25, 0.3) is 0 Å². The highest BCUT2D eigenvalue weighted by Crippen LogP contribution is 2.36.